The average molecular weight is 782 g/mol. The predicted molar refractivity (Wildman–Crippen MR) is 235 cm³/mol. The van der Waals surface area contributed by atoms with Crippen molar-refractivity contribution in [2.75, 3.05) is 5.75 Å². The van der Waals surface area contributed by atoms with Crippen LogP contribution in [0, 0.1) is 0 Å². The van der Waals surface area contributed by atoms with Gasteiger partial charge in [-0.05, 0) is 108 Å². The summed E-state index contributed by atoms with van der Waals surface area (Å²) >= 11 is 0. The van der Waals surface area contributed by atoms with Crippen molar-refractivity contribution in [3.05, 3.63) is 84.5 Å². The second-order valence-corrected chi connectivity index (χ2v) is 16.9. The zero-order chi connectivity index (χ0) is 39.9. The van der Waals surface area contributed by atoms with Crippen molar-refractivity contribution in [1.29, 1.82) is 0 Å². The first kappa shape index (κ1) is 50.1. The third-order valence-electron chi connectivity index (χ3n) is 9.83. The van der Waals surface area contributed by atoms with Crippen LogP contribution in [-0.4, -0.2) is 32.2 Å². The van der Waals surface area contributed by atoms with Gasteiger partial charge in [-0.2, -0.15) is 0 Å². The van der Waals surface area contributed by atoms with Gasteiger partial charge in [-0.3, -0.25) is 9.59 Å². The van der Waals surface area contributed by atoms with Crippen molar-refractivity contribution in [3.63, 3.8) is 0 Å². The van der Waals surface area contributed by atoms with Gasteiger partial charge in [-0.25, -0.2) is 13.1 Å². The number of carbonyl (C=O) groups excluding carboxylic acids is 2. The Balaban J connectivity index is 2.35. The normalized spacial score (nSPS) is 12.3. The topological polar surface area (TPSA) is 89.5 Å². The predicted octanol–water partition coefficient (Wildman–Crippen LogP) is 13.8. The molecule has 0 aliphatic carbocycles. The molecule has 1 amide bonds. The lowest BCUT2D eigenvalue weighted by Crippen LogP contribution is -2.32. The number of sulfonamides is 1. The summed E-state index contributed by atoms with van der Waals surface area (Å²) in [6, 6.07) is 8.25. The van der Waals surface area contributed by atoms with E-state index >= 15 is 0 Å². The van der Waals surface area contributed by atoms with Gasteiger partial charge < -0.3 is 4.74 Å². The van der Waals surface area contributed by atoms with Gasteiger partial charge in [0.15, 0.2) is 0 Å². The van der Waals surface area contributed by atoms with E-state index in [9.17, 15) is 18.0 Å². The summed E-state index contributed by atoms with van der Waals surface area (Å²) in [6.07, 6.45) is 48.8. The Hall–Kier alpha value is -2.93. The van der Waals surface area contributed by atoms with Crippen molar-refractivity contribution >= 4 is 21.9 Å². The molecule has 7 heteroatoms. The molecule has 312 valence electrons. The lowest BCUT2D eigenvalue weighted by atomic mass is 10.0. The first-order valence-corrected chi connectivity index (χ1v) is 23.9. The van der Waals surface area contributed by atoms with Crippen LogP contribution in [0.5, 0.6) is 0 Å². The number of ether oxygens (including phenoxy) is 1. The van der Waals surface area contributed by atoms with E-state index in [1.165, 1.54) is 103 Å². The smallest absolute Gasteiger partial charge is 0.306 e. The van der Waals surface area contributed by atoms with E-state index in [-0.39, 0.29) is 36.2 Å². The number of rotatable bonds is 37. The van der Waals surface area contributed by atoms with Crippen LogP contribution >= 0.6 is 0 Å². The Morgan fingerprint density at radius 1 is 0.564 bits per heavy atom. The summed E-state index contributed by atoms with van der Waals surface area (Å²) in [5, 5.41) is 0. The van der Waals surface area contributed by atoms with Gasteiger partial charge in [0.1, 0.15) is 6.10 Å². The van der Waals surface area contributed by atoms with Crippen LogP contribution in [0.25, 0.3) is 0 Å². The average Bonchev–Trinajstić information content (AvgIpc) is 3.17. The summed E-state index contributed by atoms with van der Waals surface area (Å²) in [5.74, 6) is -1.32. The third kappa shape index (κ3) is 33.0. The molecular formula is C48H79NO5S. The lowest BCUT2D eigenvalue weighted by molar-refractivity contribution is -0.149. The summed E-state index contributed by atoms with van der Waals surface area (Å²) in [5.41, 5.74) is 0.279. The molecule has 0 radical (unpaired) electrons. The molecule has 0 saturated heterocycles. The fourth-order valence-electron chi connectivity index (χ4n) is 6.47. The molecule has 0 atom stereocenters. The zero-order valence-electron chi connectivity index (χ0n) is 35.0. The standard InChI is InChI=1S/C48H79NO5S/c1-3-5-7-9-11-13-15-17-19-21-23-25-27-29-31-36-41-46(42-37-32-30-28-26-24-22-20-18-16-14-12-10-8-6-4-2)54-47(50)43-38-44-55(52,53)49-48(51)45-39-34-33-35-40-45/h11-14,17-20,33-35,39-40,46H,3-10,15-16,21-32,36-38,41-44H2,1-2H3,(H,49,51)/b13-11-,14-12-,19-17-,20-18-. The van der Waals surface area contributed by atoms with Gasteiger partial charge in [0.2, 0.25) is 10.0 Å². The maximum Gasteiger partial charge on any atom is 0.306 e. The van der Waals surface area contributed by atoms with Crippen LogP contribution in [0.1, 0.15) is 204 Å². The molecule has 0 bridgehead atoms. The SMILES string of the molecule is CCCCC/C=C\C/C=C\CCCCCCCCC(CCCCCCCC/C=C\C/C=C\CCCCC)OC(=O)CCCS(=O)(=O)NC(=O)c1ccccc1. The van der Waals surface area contributed by atoms with Crippen LogP contribution in [-0.2, 0) is 19.6 Å². The highest BCUT2D eigenvalue weighted by Crippen LogP contribution is 2.18. The van der Waals surface area contributed by atoms with Crippen molar-refractivity contribution in [2.24, 2.45) is 0 Å². The number of amides is 1. The van der Waals surface area contributed by atoms with E-state index in [0.717, 1.165) is 64.2 Å². The number of carbonyl (C=O) groups is 2. The van der Waals surface area contributed by atoms with E-state index < -0.39 is 15.9 Å². The summed E-state index contributed by atoms with van der Waals surface area (Å²) in [4.78, 5) is 25.1. The van der Waals surface area contributed by atoms with Gasteiger partial charge in [0.25, 0.3) is 5.91 Å². The quantitative estimate of drug-likeness (QED) is 0.0412. The summed E-state index contributed by atoms with van der Waals surface area (Å²) < 4.78 is 33.0. The van der Waals surface area contributed by atoms with Crippen molar-refractivity contribution in [2.45, 2.75) is 200 Å². The molecule has 55 heavy (non-hydrogen) atoms. The summed E-state index contributed by atoms with van der Waals surface area (Å²) in [7, 11) is -3.85. The lowest BCUT2D eigenvalue weighted by Gasteiger charge is -2.18. The molecule has 1 aromatic carbocycles. The monoisotopic (exact) mass is 782 g/mol. The highest BCUT2D eigenvalue weighted by atomic mass is 32.2. The number of esters is 1. The molecule has 1 N–H and O–H groups in total. The number of benzene rings is 1. The Labute approximate surface area is 338 Å². The van der Waals surface area contributed by atoms with Gasteiger partial charge in [0, 0.05) is 12.0 Å². The fraction of sp³-hybridized carbons (Fsp3) is 0.667. The maximum absolute atomic E-state index is 12.8. The van der Waals surface area contributed by atoms with Crippen LogP contribution in [0.15, 0.2) is 78.9 Å². The Bertz CT molecular complexity index is 1240. The maximum atomic E-state index is 12.8. The van der Waals surface area contributed by atoms with Crippen molar-refractivity contribution in [1.82, 2.24) is 4.72 Å². The second-order valence-electron chi connectivity index (χ2n) is 15.1. The number of nitrogens with one attached hydrogen (secondary N) is 1. The largest absolute Gasteiger partial charge is 0.462 e. The number of hydrogen-bond donors (Lipinski definition) is 1. The highest BCUT2D eigenvalue weighted by molar-refractivity contribution is 7.90. The van der Waals surface area contributed by atoms with Crippen LogP contribution in [0.2, 0.25) is 0 Å². The molecule has 0 aliphatic rings. The molecule has 0 fully saturated rings. The van der Waals surface area contributed by atoms with E-state index in [4.69, 9.17) is 4.74 Å². The minimum atomic E-state index is -3.85. The van der Waals surface area contributed by atoms with Gasteiger partial charge in [-0.15, -0.1) is 0 Å². The molecule has 0 unspecified atom stereocenters. The molecule has 0 spiro atoms. The van der Waals surface area contributed by atoms with Crippen molar-refractivity contribution < 1.29 is 22.7 Å². The molecule has 0 aromatic heterocycles. The second kappa shape index (κ2) is 36.7. The zero-order valence-corrected chi connectivity index (χ0v) is 35.9. The Morgan fingerprint density at radius 2 is 0.982 bits per heavy atom. The van der Waals surface area contributed by atoms with Crippen LogP contribution in [0.4, 0.5) is 0 Å². The number of allylic oxidation sites excluding steroid dienone is 8. The molecule has 0 aliphatic heterocycles. The minimum Gasteiger partial charge on any atom is -0.462 e. The van der Waals surface area contributed by atoms with E-state index in [1.807, 2.05) is 0 Å². The highest BCUT2D eigenvalue weighted by Gasteiger charge is 2.18. The van der Waals surface area contributed by atoms with E-state index in [2.05, 4.69) is 67.2 Å². The Morgan fingerprint density at radius 3 is 1.44 bits per heavy atom. The van der Waals surface area contributed by atoms with Gasteiger partial charge in [-0.1, -0.05) is 158 Å². The number of hydrogen-bond acceptors (Lipinski definition) is 5. The van der Waals surface area contributed by atoms with Crippen molar-refractivity contribution in [3.8, 4) is 0 Å². The molecule has 1 rings (SSSR count). The van der Waals surface area contributed by atoms with E-state index in [1.54, 1.807) is 30.3 Å². The third-order valence-corrected chi connectivity index (χ3v) is 11.2. The first-order valence-electron chi connectivity index (χ1n) is 22.3. The molecule has 6 nitrogen and oxygen atoms in total. The molecule has 0 saturated carbocycles. The first-order chi connectivity index (χ1) is 26.9. The molecule has 0 heterocycles. The van der Waals surface area contributed by atoms with E-state index in [0.29, 0.717) is 0 Å². The molecule has 1 aromatic rings. The van der Waals surface area contributed by atoms with Gasteiger partial charge >= 0.3 is 5.97 Å². The minimum absolute atomic E-state index is 0.0182. The fourth-order valence-corrected chi connectivity index (χ4v) is 7.50. The summed E-state index contributed by atoms with van der Waals surface area (Å²) in [6.45, 7) is 4.48. The van der Waals surface area contributed by atoms with Gasteiger partial charge in [0.05, 0.1) is 5.75 Å². The Kier molecular flexibility index (Phi) is 33.4. The number of unbranched alkanes of at least 4 members (excludes halogenated alkanes) is 18. The van der Waals surface area contributed by atoms with Crippen LogP contribution in [0.3, 0.4) is 0 Å². The molecular weight excluding hydrogens is 703 g/mol. The van der Waals surface area contributed by atoms with Crippen LogP contribution < -0.4 is 4.72 Å².